The standard InChI is InChI=1S/C24H22Cl2F2N4O4S/c1-36-22-8-7-17(10-20(22)27)37(34,35)31-24(33)29-12-21(28)18-4-2-3-14-11-30-32(23(14)18)13-15-5-6-16(25)9-19(15)26/h5-11H,2-4,12-13H2,1H3,(H2,29,31,33)/b21-18-. The number of nitrogens with one attached hydrogen (secondary N) is 2. The van der Waals surface area contributed by atoms with Gasteiger partial charge >= 0.3 is 6.03 Å². The second-order valence-electron chi connectivity index (χ2n) is 8.23. The molecule has 2 aromatic carbocycles. The number of carbonyl (C=O) groups excluding carboxylic acids is 1. The van der Waals surface area contributed by atoms with Crippen LogP contribution in [0, 0.1) is 5.82 Å². The molecule has 0 atom stereocenters. The first kappa shape index (κ1) is 26.9. The van der Waals surface area contributed by atoms with Crippen molar-refractivity contribution in [2.45, 2.75) is 30.7 Å². The van der Waals surface area contributed by atoms with E-state index in [0.29, 0.717) is 46.6 Å². The van der Waals surface area contributed by atoms with Crippen molar-refractivity contribution < 1.29 is 26.7 Å². The number of rotatable bonds is 7. The summed E-state index contributed by atoms with van der Waals surface area (Å²) in [5.41, 5.74) is 2.57. The van der Waals surface area contributed by atoms with Crippen molar-refractivity contribution in [1.29, 1.82) is 0 Å². The maximum Gasteiger partial charge on any atom is 0.329 e. The topological polar surface area (TPSA) is 102 Å². The Kier molecular flexibility index (Phi) is 8.05. The van der Waals surface area contributed by atoms with Crippen LogP contribution in [0.5, 0.6) is 5.75 Å². The van der Waals surface area contributed by atoms with Gasteiger partial charge in [-0.1, -0.05) is 29.3 Å². The van der Waals surface area contributed by atoms with Crippen LogP contribution in [-0.4, -0.2) is 37.9 Å². The van der Waals surface area contributed by atoms with Crippen LogP contribution in [0.25, 0.3) is 5.57 Å². The number of halogens is 4. The lowest BCUT2D eigenvalue weighted by molar-refractivity contribution is 0.246. The maximum absolute atomic E-state index is 15.3. The van der Waals surface area contributed by atoms with Gasteiger partial charge in [0.15, 0.2) is 11.6 Å². The van der Waals surface area contributed by atoms with E-state index in [1.807, 2.05) is 0 Å². The zero-order chi connectivity index (χ0) is 26.7. The highest BCUT2D eigenvalue weighted by molar-refractivity contribution is 7.90. The minimum atomic E-state index is -4.40. The van der Waals surface area contributed by atoms with Gasteiger partial charge < -0.3 is 10.1 Å². The number of amides is 2. The van der Waals surface area contributed by atoms with Gasteiger partial charge in [-0.3, -0.25) is 4.68 Å². The Morgan fingerprint density at radius 2 is 1.97 bits per heavy atom. The van der Waals surface area contributed by atoms with E-state index < -0.39 is 39.1 Å². The van der Waals surface area contributed by atoms with Gasteiger partial charge in [0.2, 0.25) is 0 Å². The normalized spacial score (nSPS) is 14.6. The molecule has 1 aliphatic rings. The van der Waals surface area contributed by atoms with Crippen LogP contribution in [-0.2, 0) is 23.0 Å². The van der Waals surface area contributed by atoms with E-state index in [1.165, 1.54) is 7.11 Å². The quantitative estimate of drug-likeness (QED) is 0.412. The number of hydrogen-bond donors (Lipinski definition) is 2. The smallest absolute Gasteiger partial charge is 0.329 e. The van der Waals surface area contributed by atoms with Gasteiger partial charge in [0.25, 0.3) is 10.0 Å². The van der Waals surface area contributed by atoms with Gasteiger partial charge in [-0.2, -0.15) is 5.10 Å². The van der Waals surface area contributed by atoms with Gasteiger partial charge in [0, 0.05) is 15.6 Å². The first-order chi connectivity index (χ1) is 17.6. The van der Waals surface area contributed by atoms with E-state index in [2.05, 4.69) is 10.4 Å². The molecular formula is C24H22Cl2F2N4O4S. The Labute approximate surface area is 222 Å². The van der Waals surface area contributed by atoms with Gasteiger partial charge in [-0.25, -0.2) is 26.7 Å². The van der Waals surface area contributed by atoms with Crippen LogP contribution in [0.15, 0.2) is 53.3 Å². The second-order valence-corrected chi connectivity index (χ2v) is 10.8. The number of carbonyl (C=O) groups is 1. The molecule has 2 amide bonds. The summed E-state index contributed by atoms with van der Waals surface area (Å²) in [7, 11) is -3.17. The number of urea groups is 1. The van der Waals surface area contributed by atoms with Crippen LogP contribution in [0.1, 0.15) is 29.7 Å². The summed E-state index contributed by atoms with van der Waals surface area (Å²) >= 11 is 12.3. The molecule has 0 unspecified atom stereocenters. The van der Waals surface area contributed by atoms with Crippen LogP contribution in [0.2, 0.25) is 10.0 Å². The molecule has 0 aliphatic heterocycles. The number of fused-ring (bicyclic) bond motifs is 1. The minimum Gasteiger partial charge on any atom is -0.494 e. The highest BCUT2D eigenvalue weighted by atomic mass is 35.5. The molecule has 37 heavy (non-hydrogen) atoms. The first-order valence-electron chi connectivity index (χ1n) is 11.1. The molecule has 13 heteroatoms. The highest BCUT2D eigenvalue weighted by Gasteiger charge is 2.25. The van der Waals surface area contributed by atoms with Gasteiger partial charge in [0.05, 0.1) is 37.0 Å². The van der Waals surface area contributed by atoms with Crippen LogP contribution >= 0.6 is 23.2 Å². The predicted octanol–water partition coefficient (Wildman–Crippen LogP) is 5.09. The number of ether oxygens (including phenoxy) is 1. The molecule has 1 aliphatic carbocycles. The first-order valence-corrected chi connectivity index (χ1v) is 13.3. The second kappa shape index (κ2) is 11.1. The van der Waals surface area contributed by atoms with E-state index in [1.54, 1.807) is 33.8 Å². The molecule has 0 radical (unpaired) electrons. The lowest BCUT2D eigenvalue weighted by atomic mass is 9.92. The monoisotopic (exact) mass is 570 g/mol. The predicted molar refractivity (Wildman–Crippen MR) is 135 cm³/mol. The number of hydrogen-bond acceptors (Lipinski definition) is 5. The maximum atomic E-state index is 15.3. The third-order valence-electron chi connectivity index (χ3n) is 5.80. The average Bonchev–Trinajstić information content (AvgIpc) is 3.27. The van der Waals surface area contributed by atoms with E-state index in [-0.39, 0.29) is 12.3 Å². The Bertz CT molecular complexity index is 1490. The van der Waals surface area contributed by atoms with E-state index in [9.17, 15) is 17.6 Å². The number of nitrogens with zero attached hydrogens (tertiary/aromatic N) is 2. The molecule has 0 saturated heterocycles. The Morgan fingerprint density at radius 1 is 1.19 bits per heavy atom. The molecule has 0 saturated carbocycles. The van der Waals surface area contributed by atoms with Crippen molar-refractivity contribution in [3.63, 3.8) is 0 Å². The average molecular weight is 571 g/mol. The number of benzene rings is 2. The summed E-state index contributed by atoms with van der Waals surface area (Å²) in [6.45, 7) is -0.271. The van der Waals surface area contributed by atoms with Crippen molar-refractivity contribution in [2.75, 3.05) is 13.7 Å². The summed E-state index contributed by atoms with van der Waals surface area (Å²) in [5.74, 6) is -1.69. The summed E-state index contributed by atoms with van der Waals surface area (Å²) in [4.78, 5) is 11.8. The summed E-state index contributed by atoms with van der Waals surface area (Å²) in [6.07, 6.45) is 3.48. The molecule has 1 aromatic heterocycles. The molecule has 0 bridgehead atoms. The molecule has 2 N–H and O–H groups in total. The molecule has 8 nitrogen and oxygen atoms in total. The summed E-state index contributed by atoms with van der Waals surface area (Å²) in [5, 5.41) is 7.54. The molecule has 0 spiro atoms. The van der Waals surface area contributed by atoms with Crippen LogP contribution in [0.3, 0.4) is 0 Å². The Balaban J connectivity index is 1.49. The van der Waals surface area contributed by atoms with Crippen molar-refractivity contribution in [2.24, 2.45) is 0 Å². The molecule has 3 aromatic rings. The third kappa shape index (κ3) is 6.06. The van der Waals surface area contributed by atoms with Gasteiger partial charge in [-0.05, 0) is 60.7 Å². The molecular weight excluding hydrogens is 549 g/mol. The SMILES string of the molecule is COc1ccc(S(=O)(=O)NC(=O)NC/C(F)=C2\CCCc3cnn(Cc4ccc(Cl)cc4Cl)c32)cc1F. The Hall–Kier alpha value is -3.15. The summed E-state index contributed by atoms with van der Waals surface area (Å²) in [6, 6.07) is 6.83. The zero-order valence-corrected chi connectivity index (χ0v) is 21.9. The largest absolute Gasteiger partial charge is 0.494 e. The molecule has 4 rings (SSSR count). The fraction of sp³-hybridized carbons (Fsp3) is 0.250. The minimum absolute atomic E-state index is 0.151. The fourth-order valence-electron chi connectivity index (χ4n) is 4.02. The number of methoxy groups -OCH3 is 1. The van der Waals surface area contributed by atoms with Gasteiger partial charge in [0.1, 0.15) is 5.83 Å². The highest BCUT2D eigenvalue weighted by Crippen LogP contribution is 2.34. The Morgan fingerprint density at radius 3 is 2.68 bits per heavy atom. The molecule has 1 heterocycles. The van der Waals surface area contributed by atoms with E-state index in [4.69, 9.17) is 27.9 Å². The van der Waals surface area contributed by atoms with Gasteiger partial charge in [-0.15, -0.1) is 0 Å². The molecule has 0 fully saturated rings. The fourth-order valence-corrected chi connectivity index (χ4v) is 5.43. The van der Waals surface area contributed by atoms with E-state index in [0.717, 1.165) is 23.3 Å². The summed E-state index contributed by atoms with van der Waals surface area (Å²) < 4.78 is 62.2. The van der Waals surface area contributed by atoms with Crippen molar-refractivity contribution >= 4 is 44.8 Å². The zero-order valence-electron chi connectivity index (χ0n) is 19.5. The number of sulfonamides is 1. The van der Waals surface area contributed by atoms with Crippen molar-refractivity contribution in [3.05, 3.63) is 81.1 Å². The number of aromatic nitrogens is 2. The lowest BCUT2D eigenvalue weighted by Gasteiger charge is -2.19. The number of allylic oxidation sites excluding steroid dienone is 1. The van der Waals surface area contributed by atoms with E-state index >= 15 is 4.39 Å². The third-order valence-corrected chi connectivity index (χ3v) is 7.72. The number of aryl methyl sites for hydroxylation is 1. The van der Waals surface area contributed by atoms with Crippen LogP contribution in [0.4, 0.5) is 13.6 Å². The molecule has 196 valence electrons. The lowest BCUT2D eigenvalue weighted by Crippen LogP contribution is -2.40. The van der Waals surface area contributed by atoms with Crippen molar-refractivity contribution in [3.8, 4) is 5.75 Å². The van der Waals surface area contributed by atoms with Crippen molar-refractivity contribution in [1.82, 2.24) is 19.8 Å². The van der Waals surface area contributed by atoms with Crippen LogP contribution < -0.4 is 14.8 Å².